The Kier molecular flexibility index (Phi) is 4.71. The molecule has 0 saturated heterocycles. The third-order valence-electron chi connectivity index (χ3n) is 2.88. The minimum absolute atomic E-state index is 0.0264. The molecule has 1 aromatic rings. The second kappa shape index (κ2) is 5.65. The van der Waals surface area contributed by atoms with E-state index in [0.717, 1.165) is 11.1 Å². The lowest BCUT2D eigenvalue weighted by Gasteiger charge is -2.16. The molecule has 1 aromatic carbocycles. The highest BCUT2D eigenvalue weighted by atomic mass is 32.2. The van der Waals surface area contributed by atoms with Crippen LogP contribution in [0.25, 0.3) is 0 Å². The molecule has 0 saturated carbocycles. The van der Waals surface area contributed by atoms with E-state index in [0.29, 0.717) is 0 Å². The number of hydrogen-bond donors (Lipinski definition) is 1. The number of benzene rings is 1. The third-order valence-corrected chi connectivity index (χ3v) is 5.26. The largest absolute Gasteiger partial charge is 0.396 e. The van der Waals surface area contributed by atoms with Gasteiger partial charge in [-0.2, -0.15) is 0 Å². The van der Waals surface area contributed by atoms with E-state index in [4.69, 9.17) is 5.11 Å². The molecule has 17 heavy (non-hydrogen) atoms. The second-order valence-corrected chi connectivity index (χ2v) is 7.04. The zero-order valence-corrected chi connectivity index (χ0v) is 11.4. The lowest BCUT2D eigenvalue weighted by atomic mass is 10.1. The highest BCUT2D eigenvalue weighted by Gasteiger charge is 2.24. The van der Waals surface area contributed by atoms with E-state index < -0.39 is 15.1 Å². The summed E-state index contributed by atoms with van der Waals surface area (Å²) in [5.74, 6) is -0.189. The van der Waals surface area contributed by atoms with Gasteiger partial charge in [-0.1, -0.05) is 36.8 Å². The number of rotatable bonds is 5. The molecule has 0 aliphatic carbocycles. The Hall–Kier alpha value is -0.870. The van der Waals surface area contributed by atoms with E-state index in [-0.39, 0.29) is 18.3 Å². The predicted octanol–water partition coefficient (Wildman–Crippen LogP) is 2.10. The molecule has 0 aromatic heterocycles. The number of aliphatic hydroxyl groups excluding tert-OH is 1. The van der Waals surface area contributed by atoms with Gasteiger partial charge in [-0.05, 0) is 25.3 Å². The van der Waals surface area contributed by atoms with Crippen molar-refractivity contribution in [3.8, 4) is 0 Å². The average molecular weight is 256 g/mol. The maximum absolute atomic E-state index is 12.1. The Bertz CT molecular complexity index is 465. The maximum Gasteiger partial charge on any atom is 0.157 e. The van der Waals surface area contributed by atoms with E-state index >= 15 is 0 Å². The summed E-state index contributed by atoms with van der Waals surface area (Å²) in [5, 5.41) is 8.41. The van der Waals surface area contributed by atoms with Crippen LogP contribution < -0.4 is 0 Å². The molecule has 2 atom stereocenters. The molecule has 96 valence electrons. The zero-order valence-electron chi connectivity index (χ0n) is 10.6. The molecule has 0 bridgehead atoms. The van der Waals surface area contributed by atoms with E-state index in [1.54, 1.807) is 13.8 Å². The van der Waals surface area contributed by atoms with Crippen LogP contribution in [0.2, 0.25) is 0 Å². The first kappa shape index (κ1) is 14.2. The Morgan fingerprint density at radius 2 is 1.94 bits per heavy atom. The zero-order chi connectivity index (χ0) is 13.1. The number of aliphatic hydroxyl groups is 1. The molecule has 1 rings (SSSR count). The van der Waals surface area contributed by atoms with Crippen molar-refractivity contribution in [1.82, 2.24) is 0 Å². The van der Waals surface area contributed by atoms with Gasteiger partial charge in [0.1, 0.15) is 0 Å². The Labute approximate surface area is 103 Å². The molecule has 0 amide bonds. The van der Waals surface area contributed by atoms with Crippen LogP contribution in [0.15, 0.2) is 24.3 Å². The number of aryl methyl sites for hydroxylation is 1. The number of sulfone groups is 1. The lowest BCUT2D eigenvalue weighted by Crippen LogP contribution is -2.21. The molecule has 1 N–H and O–H groups in total. The van der Waals surface area contributed by atoms with Crippen molar-refractivity contribution >= 4 is 9.84 Å². The van der Waals surface area contributed by atoms with Gasteiger partial charge >= 0.3 is 0 Å². The molecular formula is C13H20O3S. The molecule has 0 aliphatic heterocycles. The Balaban J connectivity index is 2.92. The SMILES string of the molecule is Cc1cccc(C(C)S(=O)(=O)CC(C)CO)c1. The van der Waals surface area contributed by atoms with Crippen molar-refractivity contribution in [1.29, 1.82) is 0 Å². The minimum Gasteiger partial charge on any atom is -0.396 e. The molecule has 0 radical (unpaired) electrons. The van der Waals surface area contributed by atoms with Gasteiger partial charge in [0.25, 0.3) is 0 Å². The summed E-state index contributed by atoms with van der Waals surface area (Å²) < 4.78 is 24.2. The molecule has 2 unspecified atom stereocenters. The van der Waals surface area contributed by atoms with Crippen LogP contribution in [0.3, 0.4) is 0 Å². The summed E-state index contributed by atoms with van der Waals surface area (Å²) in [7, 11) is -3.20. The highest BCUT2D eigenvalue weighted by molar-refractivity contribution is 7.91. The fraction of sp³-hybridized carbons (Fsp3) is 0.538. The summed E-state index contributed by atoms with van der Waals surface area (Å²) in [4.78, 5) is 0. The van der Waals surface area contributed by atoms with Crippen molar-refractivity contribution in [2.75, 3.05) is 12.4 Å². The van der Waals surface area contributed by atoms with Gasteiger partial charge < -0.3 is 5.11 Å². The number of hydrogen-bond acceptors (Lipinski definition) is 3. The normalized spacial score (nSPS) is 15.5. The Morgan fingerprint density at radius 3 is 2.47 bits per heavy atom. The van der Waals surface area contributed by atoms with Gasteiger partial charge in [0.05, 0.1) is 11.0 Å². The van der Waals surface area contributed by atoms with Crippen LogP contribution in [0.5, 0.6) is 0 Å². The predicted molar refractivity (Wildman–Crippen MR) is 69.6 cm³/mol. The summed E-state index contributed by atoms with van der Waals surface area (Å²) in [5.41, 5.74) is 1.87. The van der Waals surface area contributed by atoms with Gasteiger partial charge in [0, 0.05) is 6.61 Å². The van der Waals surface area contributed by atoms with E-state index in [1.807, 2.05) is 31.2 Å². The van der Waals surface area contributed by atoms with Crippen LogP contribution >= 0.6 is 0 Å². The smallest absolute Gasteiger partial charge is 0.157 e. The van der Waals surface area contributed by atoms with E-state index in [2.05, 4.69) is 0 Å². The lowest BCUT2D eigenvalue weighted by molar-refractivity contribution is 0.249. The monoisotopic (exact) mass is 256 g/mol. The third kappa shape index (κ3) is 3.82. The van der Waals surface area contributed by atoms with Gasteiger partial charge in [-0.15, -0.1) is 0 Å². The highest BCUT2D eigenvalue weighted by Crippen LogP contribution is 2.24. The van der Waals surface area contributed by atoms with E-state index in [9.17, 15) is 8.42 Å². The topological polar surface area (TPSA) is 54.4 Å². The van der Waals surface area contributed by atoms with Crippen LogP contribution in [0.1, 0.15) is 30.2 Å². The van der Waals surface area contributed by atoms with Gasteiger partial charge in [0.15, 0.2) is 9.84 Å². The summed E-state index contributed by atoms with van der Waals surface area (Å²) in [6.07, 6.45) is 0. The van der Waals surface area contributed by atoms with Crippen molar-refractivity contribution < 1.29 is 13.5 Å². The van der Waals surface area contributed by atoms with Gasteiger partial charge in [-0.3, -0.25) is 0 Å². The fourth-order valence-electron chi connectivity index (χ4n) is 1.72. The molecule has 0 fully saturated rings. The quantitative estimate of drug-likeness (QED) is 0.877. The maximum atomic E-state index is 12.1. The van der Waals surface area contributed by atoms with Crippen LogP contribution in [-0.4, -0.2) is 25.9 Å². The minimum atomic E-state index is -3.20. The second-order valence-electron chi connectivity index (χ2n) is 4.67. The molecule has 0 spiro atoms. The molecule has 3 nitrogen and oxygen atoms in total. The molecule has 4 heteroatoms. The fourth-order valence-corrected chi connectivity index (χ4v) is 3.47. The summed E-state index contributed by atoms with van der Waals surface area (Å²) >= 11 is 0. The first-order valence-corrected chi connectivity index (χ1v) is 7.47. The first-order valence-electron chi connectivity index (χ1n) is 5.76. The Morgan fingerprint density at radius 1 is 1.29 bits per heavy atom. The van der Waals surface area contributed by atoms with Crippen LogP contribution in [0, 0.1) is 12.8 Å². The molecule has 0 heterocycles. The standard InChI is InChI=1S/C13H20O3S/c1-10-5-4-6-13(7-10)12(3)17(15,16)9-11(2)8-14/h4-7,11-12,14H,8-9H2,1-3H3. The van der Waals surface area contributed by atoms with Crippen LogP contribution in [0.4, 0.5) is 0 Å². The van der Waals surface area contributed by atoms with Crippen molar-refractivity contribution in [3.63, 3.8) is 0 Å². The van der Waals surface area contributed by atoms with E-state index in [1.165, 1.54) is 0 Å². The van der Waals surface area contributed by atoms with Gasteiger partial charge in [-0.25, -0.2) is 8.42 Å². The molecular weight excluding hydrogens is 236 g/mol. The van der Waals surface area contributed by atoms with Crippen molar-refractivity contribution in [2.45, 2.75) is 26.0 Å². The first-order chi connectivity index (χ1) is 7.86. The average Bonchev–Trinajstić information content (AvgIpc) is 2.27. The van der Waals surface area contributed by atoms with Gasteiger partial charge in [0.2, 0.25) is 0 Å². The van der Waals surface area contributed by atoms with Crippen LogP contribution in [-0.2, 0) is 9.84 Å². The summed E-state index contributed by atoms with van der Waals surface area (Å²) in [6, 6.07) is 7.54. The summed E-state index contributed by atoms with van der Waals surface area (Å²) in [6.45, 7) is 5.29. The van der Waals surface area contributed by atoms with Crippen molar-refractivity contribution in [3.05, 3.63) is 35.4 Å². The molecule has 0 aliphatic rings. The van der Waals surface area contributed by atoms with Crippen molar-refractivity contribution in [2.24, 2.45) is 5.92 Å².